The minimum atomic E-state index is 0.291. The zero-order valence-corrected chi connectivity index (χ0v) is 13.9. The van der Waals surface area contributed by atoms with Crippen molar-refractivity contribution in [3.05, 3.63) is 42.6 Å². The third kappa shape index (κ3) is 3.76. The van der Waals surface area contributed by atoms with E-state index in [9.17, 15) is 0 Å². The summed E-state index contributed by atoms with van der Waals surface area (Å²) in [6.45, 7) is 4.32. The summed E-state index contributed by atoms with van der Waals surface area (Å²) in [6.07, 6.45) is 4.21. The van der Waals surface area contributed by atoms with Crippen LogP contribution in [0.25, 0.3) is 11.0 Å². The van der Waals surface area contributed by atoms with E-state index in [0.717, 1.165) is 42.0 Å². The number of ether oxygens (including phenoxy) is 1. The van der Waals surface area contributed by atoms with Crippen molar-refractivity contribution >= 4 is 22.8 Å². The number of aromatic nitrogens is 3. The van der Waals surface area contributed by atoms with Crippen LogP contribution in [0, 0.1) is 0 Å². The van der Waals surface area contributed by atoms with Crippen LogP contribution >= 0.6 is 0 Å². The molecule has 0 saturated carbocycles. The Kier molecular flexibility index (Phi) is 5.15. The number of rotatable bonds is 8. The van der Waals surface area contributed by atoms with Crippen LogP contribution in [0.5, 0.6) is 5.75 Å². The smallest absolute Gasteiger partial charge is 0.222 e. The van der Waals surface area contributed by atoms with Crippen molar-refractivity contribution < 1.29 is 4.74 Å². The second kappa shape index (κ2) is 7.68. The van der Waals surface area contributed by atoms with E-state index in [1.54, 1.807) is 0 Å². The predicted molar refractivity (Wildman–Crippen MR) is 97.3 cm³/mol. The van der Waals surface area contributed by atoms with Gasteiger partial charge in [-0.05, 0) is 24.6 Å². The lowest BCUT2D eigenvalue weighted by molar-refractivity contribution is 0.300. The summed E-state index contributed by atoms with van der Waals surface area (Å²) in [7, 11) is 0. The highest BCUT2D eigenvalue weighted by atomic mass is 16.5. The number of nitrogens with one attached hydrogen (secondary N) is 1. The molecule has 0 aliphatic rings. The predicted octanol–water partition coefficient (Wildman–Crippen LogP) is 3.30. The van der Waals surface area contributed by atoms with Crippen LogP contribution in [0.1, 0.15) is 19.8 Å². The molecule has 1 aromatic carbocycles. The van der Waals surface area contributed by atoms with Gasteiger partial charge in [-0.2, -0.15) is 4.98 Å². The molecule has 6 heteroatoms. The average molecular weight is 325 g/mol. The van der Waals surface area contributed by atoms with Gasteiger partial charge in [-0.3, -0.25) is 0 Å². The summed E-state index contributed by atoms with van der Waals surface area (Å²) in [4.78, 5) is 8.68. The van der Waals surface area contributed by atoms with Gasteiger partial charge in [-0.25, -0.2) is 4.98 Å². The number of para-hydroxylation sites is 1. The summed E-state index contributed by atoms with van der Waals surface area (Å²) in [5, 5.41) is 3.37. The second-order valence-electron chi connectivity index (χ2n) is 5.62. The molecule has 3 aromatic rings. The lowest BCUT2D eigenvalue weighted by atomic mass is 10.3. The normalized spacial score (nSPS) is 10.9. The topological polar surface area (TPSA) is 78.0 Å². The maximum absolute atomic E-state index is 5.82. The molecule has 0 saturated heterocycles. The molecule has 3 N–H and O–H groups in total. The van der Waals surface area contributed by atoms with Gasteiger partial charge < -0.3 is 20.4 Å². The first-order chi connectivity index (χ1) is 11.8. The van der Waals surface area contributed by atoms with E-state index in [1.165, 1.54) is 0 Å². The molecule has 0 atom stereocenters. The van der Waals surface area contributed by atoms with Crippen LogP contribution in [0.2, 0.25) is 0 Å². The molecular formula is C18H23N5O. The van der Waals surface area contributed by atoms with Gasteiger partial charge in [-0.15, -0.1) is 0 Å². The Morgan fingerprint density at radius 1 is 1.17 bits per heavy atom. The lowest BCUT2D eigenvalue weighted by Crippen LogP contribution is -2.11. The molecule has 0 bridgehead atoms. The van der Waals surface area contributed by atoms with Crippen molar-refractivity contribution in [2.45, 2.75) is 26.3 Å². The zero-order chi connectivity index (χ0) is 16.8. The Balaban J connectivity index is 1.75. The molecule has 24 heavy (non-hydrogen) atoms. The highest BCUT2D eigenvalue weighted by Crippen LogP contribution is 2.22. The van der Waals surface area contributed by atoms with Gasteiger partial charge in [0.15, 0.2) is 5.82 Å². The van der Waals surface area contributed by atoms with Gasteiger partial charge in [0.1, 0.15) is 17.9 Å². The first-order valence-electron chi connectivity index (χ1n) is 8.32. The Morgan fingerprint density at radius 3 is 2.79 bits per heavy atom. The van der Waals surface area contributed by atoms with E-state index >= 15 is 0 Å². The van der Waals surface area contributed by atoms with Gasteiger partial charge >= 0.3 is 0 Å². The number of benzene rings is 1. The van der Waals surface area contributed by atoms with Gasteiger partial charge in [-0.1, -0.05) is 31.5 Å². The highest BCUT2D eigenvalue weighted by Gasteiger charge is 2.11. The summed E-state index contributed by atoms with van der Waals surface area (Å²) in [5.74, 6) is 1.95. The molecule has 0 aliphatic carbocycles. The third-order valence-electron chi connectivity index (χ3n) is 3.79. The fraction of sp³-hybridized carbons (Fsp3) is 0.333. The summed E-state index contributed by atoms with van der Waals surface area (Å²) in [6, 6.07) is 11.8. The third-order valence-corrected chi connectivity index (χ3v) is 3.79. The fourth-order valence-electron chi connectivity index (χ4n) is 2.60. The molecule has 2 aromatic heterocycles. The molecule has 0 aliphatic heterocycles. The first kappa shape index (κ1) is 16.1. The maximum Gasteiger partial charge on any atom is 0.222 e. The second-order valence-corrected chi connectivity index (χ2v) is 5.62. The standard InChI is InChI=1S/C18H23N5O/c1-2-3-10-20-17-16-15(21-18(19)22-17)9-11-23(16)12-13-24-14-7-5-4-6-8-14/h4-9,11H,2-3,10,12-13H2,1H3,(H3,19,20,21,22). The Bertz CT molecular complexity index is 785. The quantitative estimate of drug-likeness (QED) is 0.621. The van der Waals surface area contributed by atoms with Crippen molar-refractivity contribution in [2.75, 3.05) is 24.2 Å². The number of hydrogen-bond acceptors (Lipinski definition) is 5. The molecule has 0 unspecified atom stereocenters. The molecule has 3 rings (SSSR count). The van der Waals surface area contributed by atoms with Crippen LogP contribution < -0.4 is 15.8 Å². The van der Waals surface area contributed by atoms with Gasteiger partial charge in [0, 0.05) is 12.7 Å². The van der Waals surface area contributed by atoms with Crippen LogP contribution in [0.15, 0.2) is 42.6 Å². The molecule has 0 spiro atoms. The maximum atomic E-state index is 5.82. The number of nitrogens with zero attached hydrogens (tertiary/aromatic N) is 3. The van der Waals surface area contributed by atoms with Crippen LogP contribution in [0.4, 0.5) is 11.8 Å². The molecule has 2 heterocycles. The van der Waals surface area contributed by atoms with E-state index in [0.29, 0.717) is 19.1 Å². The number of nitrogens with two attached hydrogens (primary N) is 1. The monoisotopic (exact) mass is 325 g/mol. The van der Waals surface area contributed by atoms with E-state index in [-0.39, 0.29) is 0 Å². The van der Waals surface area contributed by atoms with E-state index in [1.807, 2.05) is 42.6 Å². The lowest BCUT2D eigenvalue weighted by Gasteiger charge is -2.12. The number of anilines is 2. The summed E-state index contributed by atoms with van der Waals surface area (Å²) in [5.41, 5.74) is 7.64. The Hall–Kier alpha value is -2.76. The molecule has 0 fully saturated rings. The van der Waals surface area contributed by atoms with Crippen molar-refractivity contribution in [1.29, 1.82) is 0 Å². The summed E-state index contributed by atoms with van der Waals surface area (Å²) >= 11 is 0. The van der Waals surface area contributed by atoms with Crippen molar-refractivity contribution in [1.82, 2.24) is 14.5 Å². The first-order valence-corrected chi connectivity index (χ1v) is 8.32. The molecule has 126 valence electrons. The largest absolute Gasteiger partial charge is 0.492 e. The molecule has 0 radical (unpaired) electrons. The van der Waals surface area contributed by atoms with Gasteiger partial charge in [0.05, 0.1) is 12.1 Å². The van der Waals surface area contributed by atoms with Gasteiger partial charge in [0.25, 0.3) is 0 Å². The van der Waals surface area contributed by atoms with E-state index in [2.05, 4.69) is 26.8 Å². The minimum absolute atomic E-state index is 0.291. The molecule has 6 nitrogen and oxygen atoms in total. The summed E-state index contributed by atoms with van der Waals surface area (Å²) < 4.78 is 7.89. The van der Waals surface area contributed by atoms with Crippen LogP contribution in [0.3, 0.4) is 0 Å². The highest BCUT2D eigenvalue weighted by molar-refractivity contribution is 5.87. The van der Waals surface area contributed by atoms with Crippen molar-refractivity contribution in [2.24, 2.45) is 0 Å². The average Bonchev–Trinajstić information content (AvgIpc) is 2.99. The minimum Gasteiger partial charge on any atom is -0.492 e. The van der Waals surface area contributed by atoms with Crippen LogP contribution in [-0.2, 0) is 6.54 Å². The van der Waals surface area contributed by atoms with Crippen molar-refractivity contribution in [3.63, 3.8) is 0 Å². The number of nitrogen functional groups attached to an aromatic ring is 1. The Morgan fingerprint density at radius 2 is 2.00 bits per heavy atom. The number of unbranched alkanes of at least 4 members (excludes halogenated alkanes) is 1. The Labute approximate surface area is 141 Å². The fourth-order valence-corrected chi connectivity index (χ4v) is 2.60. The van der Waals surface area contributed by atoms with E-state index < -0.39 is 0 Å². The SMILES string of the molecule is CCCCNc1nc(N)nc2ccn(CCOc3ccccc3)c12. The van der Waals surface area contributed by atoms with Gasteiger partial charge in [0.2, 0.25) is 5.95 Å². The van der Waals surface area contributed by atoms with Crippen molar-refractivity contribution in [3.8, 4) is 5.75 Å². The molecule has 0 amide bonds. The van der Waals surface area contributed by atoms with Crippen LogP contribution in [-0.4, -0.2) is 27.7 Å². The van der Waals surface area contributed by atoms with E-state index in [4.69, 9.17) is 10.5 Å². The number of hydrogen-bond donors (Lipinski definition) is 2. The number of fused-ring (bicyclic) bond motifs is 1. The zero-order valence-electron chi connectivity index (χ0n) is 13.9. The molecular weight excluding hydrogens is 302 g/mol.